The van der Waals surface area contributed by atoms with Gasteiger partial charge in [0.05, 0.1) is 22.3 Å². The van der Waals surface area contributed by atoms with Crippen LogP contribution in [0.4, 0.5) is 8.78 Å². The number of hydrogen-bond acceptors (Lipinski definition) is 6. The third-order valence-electron chi connectivity index (χ3n) is 14.4. The number of rotatable bonds is 16. The van der Waals surface area contributed by atoms with Crippen molar-refractivity contribution in [1.82, 2.24) is 31.1 Å². The minimum absolute atomic E-state index is 0.183. The van der Waals surface area contributed by atoms with Crippen molar-refractivity contribution in [3.63, 3.8) is 0 Å². The maximum atomic E-state index is 14.2. The van der Waals surface area contributed by atoms with Crippen molar-refractivity contribution in [2.24, 2.45) is 0 Å². The summed E-state index contributed by atoms with van der Waals surface area (Å²) in [6.07, 6.45) is 0.912. The van der Waals surface area contributed by atoms with Crippen LogP contribution in [0.25, 0.3) is 10.8 Å². The molecule has 2 aliphatic rings. The Bertz CT molecular complexity index is 3400. The Morgan fingerprint density at radius 3 is 1.03 bits per heavy atom. The van der Waals surface area contributed by atoms with Crippen LogP contribution in [0.3, 0.4) is 0 Å². The monoisotopic (exact) mass is 1040 g/mol. The van der Waals surface area contributed by atoms with Gasteiger partial charge in [0, 0.05) is 63.5 Å². The molecule has 8 aromatic rings. The number of carbonyl (C=O) groups is 6. The molecule has 12 nitrogen and oxygen atoms in total. The number of hydrogen-bond donors (Lipinski definition) is 4. The number of nitrogens with zero attached hydrogens (tertiary/aromatic N) is 2. The van der Waals surface area contributed by atoms with Crippen LogP contribution in [-0.2, 0) is 52.1 Å². The van der Waals surface area contributed by atoms with Gasteiger partial charge in [0.25, 0.3) is 35.4 Å². The summed E-state index contributed by atoms with van der Waals surface area (Å²) in [5, 5.41) is 13.2. The molecular weight excluding hydrogens is 987 g/mol. The van der Waals surface area contributed by atoms with E-state index in [1.165, 1.54) is 24.3 Å². The molecule has 0 saturated carbocycles. The zero-order valence-electron chi connectivity index (χ0n) is 43.2. The highest BCUT2D eigenvalue weighted by atomic mass is 19.1. The van der Waals surface area contributed by atoms with E-state index < -0.39 is 23.6 Å². The molecule has 0 radical (unpaired) electrons. The summed E-state index contributed by atoms with van der Waals surface area (Å²) in [5.41, 5.74) is 10.2. The molecule has 0 fully saturated rings. The van der Waals surface area contributed by atoms with Gasteiger partial charge in [-0.2, -0.15) is 0 Å². The lowest BCUT2D eigenvalue weighted by molar-refractivity contribution is 0.0744. The van der Waals surface area contributed by atoms with E-state index in [-0.39, 0.29) is 98.1 Å². The van der Waals surface area contributed by atoms with E-state index in [4.69, 9.17) is 0 Å². The van der Waals surface area contributed by atoms with Gasteiger partial charge in [-0.25, -0.2) is 8.78 Å². The topological polar surface area (TPSA) is 157 Å². The maximum absolute atomic E-state index is 14.2. The first-order chi connectivity index (χ1) is 37.7. The normalized spacial score (nSPS) is 12.5. The van der Waals surface area contributed by atoms with Gasteiger partial charge in [-0.15, -0.1) is 0 Å². The Morgan fingerprint density at radius 1 is 0.385 bits per heavy atom. The van der Waals surface area contributed by atoms with E-state index in [0.717, 1.165) is 66.4 Å². The standard InChI is InChI=1S/C64H56F2N6O6/c1-39-3-7-43(8-4-39)33-69-61(75)57-31-51-37-71(35-49(51)29-55(57)59(73)67-25-23-41-11-19-53(65)20-12-41)63(77)47-17-15-46-28-48(18-16-45(46)27-47)64(78)72-36-50-30-56(60(74)68-26-24-42-13-21-54(66)22-14-42)58(32-52(50)38-72)62(76)70-34-44-9-5-40(2)6-10-44/h3-22,27-32H,23-26,33-38H2,1-2H3,(H,67,73)(H,68,74)(H,69,75)(H,70,76). The molecule has 0 saturated heterocycles. The average molecular weight is 1040 g/mol. The lowest BCUT2D eigenvalue weighted by Gasteiger charge is -2.17. The Balaban J connectivity index is 0.822. The van der Waals surface area contributed by atoms with Gasteiger partial charge in [0.2, 0.25) is 0 Å². The van der Waals surface area contributed by atoms with Gasteiger partial charge >= 0.3 is 0 Å². The Morgan fingerprint density at radius 2 is 0.692 bits per heavy atom. The van der Waals surface area contributed by atoms with Crippen LogP contribution in [0, 0.1) is 25.5 Å². The van der Waals surface area contributed by atoms with Gasteiger partial charge in [-0.1, -0.05) is 96.1 Å². The minimum Gasteiger partial charge on any atom is -0.352 e. The van der Waals surface area contributed by atoms with Crippen LogP contribution in [0.1, 0.15) is 118 Å². The zero-order valence-corrected chi connectivity index (χ0v) is 43.2. The average Bonchev–Trinajstić information content (AvgIpc) is 4.20. The highest BCUT2D eigenvalue weighted by molar-refractivity contribution is 6.09. The molecule has 8 aromatic carbocycles. The van der Waals surface area contributed by atoms with E-state index in [0.29, 0.717) is 24.0 Å². The molecule has 0 aromatic heterocycles. The predicted octanol–water partition coefficient (Wildman–Crippen LogP) is 9.85. The van der Waals surface area contributed by atoms with Crippen molar-refractivity contribution in [2.75, 3.05) is 13.1 Å². The van der Waals surface area contributed by atoms with Crippen LogP contribution >= 0.6 is 0 Å². The smallest absolute Gasteiger partial charge is 0.254 e. The van der Waals surface area contributed by atoms with Gasteiger partial charge < -0.3 is 31.1 Å². The fourth-order valence-corrected chi connectivity index (χ4v) is 9.92. The van der Waals surface area contributed by atoms with E-state index in [1.54, 1.807) is 94.7 Å². The summed E-state index contributed by atoms with van der Waals surface area (Å²) in [6.45, 7) is 5.82. The van der Waals surface area contributed by atoms with Crippen LogP contribution in [-0.4, -0.2) is 58.3 Å². The Labute approximate surface area is 450 Å². The molecule has 392 valence electrons. The summed E-state index contributed by atoms with van der Waals surface area (Å²) >= 11 is 0. The van der Waals surface area contributed by atoms with E-state index in [9.17, 15) is 37.5 Å². The lowest BCUT2D eigenvalue weighted by Crippen LogP contribution is -2.30. The van der Waals surface area contributed by atoms with E-state index in [2.05, 4.69) is 21.3 Å². The molecule has 0 bridgehead atoms. The molecule has 78 heavy (non-hydrogen) atoms. The lowest BCUT2D eigenvalue weighted by atomic mass is 9.98. The quantitative estimate of drug-likeness (QED) is 0.0755. The molecule has 0 aliphatic carbocycles. The first-order valence-electron chi connectivity index (χ1n) is 25.9. The Kier molecular flexibility index (Phi) is 15.3. The van der Waals surface area contributed by atoms with Gasteiger partial charge in [-0.3, -0.25) is 28.8 Å². The van der Waals surface area contributed by atoms with Gasteiger partial charge in [-0.05, 0) is 155 Å². The third-order valence-corrected chi connectivity index (χ3v) is 14.4. The highest BCUT2D eigenvalue weighted by Gasteiger charge is 2.31. The predicted molar refractivity (Wildman–Crippen MR) is 294 cm³/mol. The van der Waals surface area contributed by atoms with Crippen LogP contribution in [0.5, 0.6) is 0 Å². The number of nitrogens with one attached hydrogen (secondary N) is 4. The first kappa shape index (κ1) is 52.2. The third kappa shape index (κ3) is 12.0. The van der Waals surface area contributed by atoms with Crippen molar-refractivity contribution in [3.05, 3.63) is 258 Å². The number of fused-ring (bicyclic) bond motifs is 3. The summed E-state index contributed by atoms with van der Waals surface area (Å²) in [4.78, 5) is 87.0. The molecule has 0 spiro atoms. The fourth-order valence-electron chi connectivity index (χ4n) is 9.92. The molecular formula is C64H56F2N6O6. The molecule has 10 rings (SSSR count). The van der Waals surface area contributed by atoms with Crippen LogP contribution in [0.15, 0.2) is 158 Å². The second kappa shape index (κ2) is 22.9. The highest BCUT2D eigenvalue weighted by Crippen LogP contribution is 2.31. The number of halogens is 2. The SMILES string of the molecule is Cc1ccc(CNC(=O)c2cc3c(cc2C(=O)NCCc2ccc(F)cc2)CN(C(=O)c2ccc4cc(C(=O)N5Cc6cc(C(=O)NCCc7ccc(F)cc7)c(C(=O)NCc7ccc(C)cc7)cc6C5)ccc4c2)C3)cc1. The largest absolute Gasteiger partial charge is 0.352 e. The van der Waals surface area contributed by atoms with E-state index >= 15 is 0 Å². The summed E-state index contributed by atoms with van der Waals surface area (Å²) in [5.74, 6) is -2.94. The number of benzene rings is 8. The number of amides is 6. The number of aryl methyl sites for hydroxylation is 2. The second-order valence-electron chi connectivity index (χ2n) is 20.0. The van der Waals surface area contributed by atoms with E-state index in [1.807, 2.05) is 62.4 Å². The fraction of sp³-hybridized carbons (Fsp3) is 0.188. The van der Waals surface area contributed by atoms with Crippen molar-refractivity contribution >= 4 is 46.2 Å². The van der Waals surface area contributed by atoms with Crippen LogP contribution < -0.4 is 21.3 Å². The van der Waals surface area contributed by atoms with Gasteiger partial charge in [0.15, 0.2) is 0 Å². The second-order valence-corrected chi connectivity index (χ2v) is 20.0. The maximum Gasteiger partial charge on any atom is 0.254 e. The first-order valence-corrected chi connectivity index (χ1v) is 25.9. The molecule has 6 amide bonds. The molecule has 2 heterocycles. The molecule has 2 aliphatic heterocycles. The minimum atomic E-state index is -0.444. The summed E-state index contributed by atoms with van der Waals surface area (Å²) in [7, 11) is 0. The Hall–Kier alpha value is -9.30. The number of carbonyl (C=O) groups excluding carboxylic acids is 6. The van der Waals surface area contributed by atoms with Crippen LogP contribution in [0.2, 0.25) is 0 Å². The molecule has 14 heteroatoms. The summed E-state index contributed by atoms with van der Waals surface area (Å²) < 4.78 is 27.0. The van der Waals surface area contributed by atoms with Gasteiger partial charge in [0.1, 0.15) is 11.6 Å². The molecule has 0 atom stereocenters. The zero-order chi connectivity index (χ0) is 54.5. The summed E-state index contributed by atoms with van der Waals surface area (Å²) in [6, 6.07) is 45.0. The van der Waals surface area contributed by atoms with Crippen molar-refractivity contribution in [3.8, 4) is 0 Å². The van der Waals surface area contributed by atoms with Crippen molar-refractivity contribution < 1.29 is 37.5 Å². The molecule has 0 unspecified atom stereocenters. The van der Waals surface area contributed by atoms with Crippen molar-refractivity contribution in [1.29, 1.82) is 0 Å². The molecule has 4 N–H and O–H groups in total. The van der Waals surface area contributed by atoms with Crippen molar-refractivity contribution in [2.45, 2.75) is 66.0 Å².